The van der Waals surface area contributed by atoms with Crippen LogP contribution in [0.15, 0.2) is 15.8 Å². The molecule has 5 N–H and O–H groups in total. The summed E-state index contributed by atoms with van der Waals surface area (Å²) in [6.07, 6.45) is -4.13. The number of H-pyrrole nitrogens is 1. The lowest BCUT2D eigenvalue weighted by atomic mass is 9.96. The summed E-state index contributed by atoms with van der Waals surface area (Å²) in [4.78, 5) is 36.3. The van der Waals surface area contributed by atoms with Crippen LogP contribution in [0.3, 0.4) is 0 Å². The zero-order chi connectivity index (χ0) is 22.4. The van der Waals surface area contributed by atoms with Gasteiger partial charge < -0.3 is 34.5 Å². The second-order valence-corrected chi connectivity index (χ2v) is 10.3. The Kier molecular flexibility index (Phi) is 6.66. The molecule has 0 aliphatic carbocycles. The molecule has 0 aromatic carbocycles. The van der Waals surface area contributed by atoms with Gasteiger partial charge in [0.15, 0.2) is 5.34 Å². The Morgan fingerprint density at radius 3 is 2.41 bits per heavy atom. The van der Waals surface area contributed by atoms with Crippen LogP contribution < -0.4 is 11.2 Å². The van der Waals surface area contributed by atoms with E-state index in [9.17, 15) is 34.4 Å². The first kappa shape index (κ1) is 23.9. The molecule has 1 aromatic rings. The van der Waals surface area contributed by atoms with E-state index in [1.54, 1.807) is 0 Å². The molecule has 2 heterocycles. The first-order valence-corrected chi connectivity index (χ1v) is 10.8. The zero-order valence-corrected chi connectivity index (χ0v) is 17.9. The van der Waals surface area contributed by atoms with E-state index in [0.717, 1.165) is 10.8 Å². The maximum Gasteiger partial charge on any atom is 0.359 e. The van der Waals surface area contributed by atoms with Gasteiger partial charge in [0.25, 0.3) is 5.56 Å². The molecule has 166 valence electrons. The monoisotopic (exact) mass is 436 g/mol. The third-order valence-electron chi connectivity index (χ3n) is 5.22. The Morgan fingerprint density at radius 1 is 1.28 bits per heavy atom. The Bertz CT molecular complexity index is 907. The smallest absolute Gasteiger partial charge is 0.359 e. The quantitative estimate of drug-likeness (QED) is 0.361. The van der Waals surface area contributed by atoms with Gasteiger partial charge in [-0.25, -0.2) is 4.79 Å². The van der Waals surface area contributed by atoms with Crippen molar-refractivity contribution in [2.45, 2.75) is 75.9 Å². The number of aliphatic hydroxyl groups is 3. The molecule has 12 heteroatoms. The van der Waals surface area contributed by atoms with Crippen LogP contribution in [0.2, 0.25) is 0 Å². The van der Waals surface area contributed by atoms with Crippen molar-refractivity contribution in [2.75, 3.05) is 0 Å². The van der Waals surface area contributed by atoms with E-state index >= 15 is 0 Å². The van der Waals surface area contributed by atoms with Crippen LogP contribution in [0.25, 0.3) is 0 Å². The molecule has 0 spiro atoms. The Morgan fingerprint density at radius 2 is 1.86 bits per heavy atom. The van der Waals surface area contributed by atoms with Crippen LogP contribution in [0.5, 0.6) is 0 Å². The summed E-state index contributed by atoms with van der Waals surface area (Å²) in [6.45, 7) is 5.69. The van der Waals surface area contributed by atoms with E-state index < -0.39 is 54.2 Å². The van der Waals surface area contributed by atoms with E-state index in [1.165, 1.54) is 34.7 Å². The van der Waals surface area contributed by atoms with Gasteiger partial charge in [-0.1, -0.05) is 6.92 Å². The normalized spacial score (nSPS) is 29.4. The van der Waals surface area contributed by atoms with Crippen molar-refractivity contribution in [3.8, 4) is 0 Å². The topological polar surface area (TPSA) is 171 Å². The highest BCUT2D eigenvalue weighted by Crippen LogP contribution is 2.58. The second kappa shape index (κ2) is 8.07. The molecule has 1 saturated heterocycles. The van der Waals surface area contributed by atoms with Gasteiger partial charge in [0.05, 0.1) is 17.3 Å². The minimum atomic E-state index is -4.44. The SMILES string of the molecule is CC[C@@](C)(O)P(=O)(O)OC(C)(C)C[C@H]1O[C@@H](c2c[nH]c(=O)n(C)c2=O)[C@H](O)[C@@H]1O. The Hall–Kier alpha value is -1.33. The lowest BCUT2D eigenvalue weighted by molar-refractivity contribution is -0.0457. The van der Waals surface area contributed by atoms with Crippen molar-refractivity contribution in [1.82, 2.24) is 9.55 Å². The van der Waals surface area contributed by atoms with Crippen LogP contribution in [0.4, 0.5) is 0 Å². The summed E-state index contributed by atoms with van der Waals surface area (Å²) >= 11 is 0. The number of rotatable bonds is 7. The Balaban J connectivity index is 2.23. The standard InChI is InChI=1S/C17H29N2O9P/c1-6-17(4,24)29(25,26)28-16(2,3)7-10-11(20)12(21)13(27-10)9-8-18-15(23)19(5)14(9)22/h8,10-13,20-21,24H,6-7H2,1-5H3,(H,18,23)(H,25,26)/t10-,11-,12-,13+,17+/m1/s1. The van der Waals surface area contributed by atoms with Crippen molar-refractivity contribution in [3.05, 3.63) is 32.6 Å². The average Bonchev–Trinajstić information content (AvgIpc) is 2.86. The van der Waals surface area contributed by atoms with Gasteiger partial charge in [0.2, 0.25) is 0 Å². The van der Waals surface area contributed by atoms with E-state index in [-0.39, 0.29) is 18.4 Å². The minimum absolute atomic E-state index is 0.0182. The maximum atomic E-state index is 12.5. The minimum Gasteiger partial charge on any atom is -0.388 e. The van der Waals surface area contributed by atoms with Gasteiger partial charge in [-0.3, -0.25) is 13.9 Å². The molecule has 1 aromatic heterocycles. The van der Waals surface area contributed by atoms with Crippen molar-refractivity contribution >= 4 is 7.60 Å². The first-order chi connectivity index (χ1) is 13.1. The van der Waals surface area contributed by atoms with E-state index in [1.807, 2.05) is 0 Å². The summed E-state index contributed by atoms with van der Waals surface area (Å²) in [7, 11) is -3.18. The molecule has 0 amide bonds. The van der Waals surface area contributed by atoms with Gasteiger partial charge in [-0.05, 0) is 27.2 Å². The lowest BCUT2D eigenvalue weighted by Gasteiger charge is -2.35. The van der Waals surface area contributed by atoms with Gasteiger partial charge in [0, 0.05) is 19.7 Å². The summed E-state index contributed by atoms with van der Waals surface area (Å²) in [6, 6.07) is 0. The van der Waals surface area contributed by atoms with Crippen LogP contribution in [-0.2, 0) is 20.9 Å². The number of aromatic amines is 1. The average molecular weight is 436 g/mol. The van der Waals surface area contributed by atoms with Crippen LogP contribution in [0, 0.1) is 0 Å². The summed E-state index contributed by atoms with van der Waals surface area (Å²) in [5.74, 6) is 0. The fourth-order valence-electron chi connectivity index (χ4n) is 3.12. The molecule has 0 saturated carbocycles. The highest BCUT2D eigenvalue weighted by molar-refractivity contribution is 7.54. The predicted molar refractivity (Wildman–Crippen MR) is 102 cm³/mol. The molecule has 1 unspecified atom stereocenters. The molecule has 1 fully saturated rings. The second-order valence-electron chi connectivity index (χ2n) is 8.14. The number of aliphatic hydroxyl groups excluding tert-OH is 2. The Labute approximate surface area is 167 Å². The van der Waals surface area contributed by atoms with Gasteiger partial charge in [-0.2, -0.15) is 0 Å². The molecule has 6 atom stereocenters. The molecule has 0 radical (unpaired) electrons. The van der Waals surface area contributed by atoms with Crippen molar-refractivity contribution in [2.24, 2.45) is 7.05 Å². The molecule has 2 rings (SSSR count). The first-order valence-electron chi connectivity index (χ1n) is 9.20. The highest BCUT2D eigenvalue weighted by atomic mass is 31.2. The number of hydrogen-bond donors (Lipinski definition) is 5. The van der Waals surface area contributed by atoms with E-state index in [2.05, 4.69) is 4.98 Å². The molecule has 0 bridgehead atoms. The summed E-state index contributed by atoms with van der Waals surface area (Å²) in [5, 5.41) is 28.9. The molecular formula is C17H29N2O9P. The number of aromatic nitrogens is 2. The molecule has 1 aliphatic rings. The third-order valence-corrected chi connectivity index (χ3v) is 7.49. The number of nitrogens with zero attached hydrogens (tertiary/aromatic N) is 1. The summed E-state index contributed by atoms with van der Waals surface area (Å²) < 4.78 is 24.2. The predicted octanol–water partition coefficient (Wildman–Crippen LogP) is -0.275. The van der Waals surface area contributed by atoms with E-state index in [0.29, 0.717) is 0 Å². The van der Waals surface area contributed by atoms with E-state index in [4.69, 9.17) is 9.26 Å². The number of ether oxygens (including phenoxy) is 1. The largest absolute Gasteiger partial charge is 0.388 e. The van der Waals surface area contributed by atoms with Crippen molar-refractivity contribution < 1.29 is 34.0 Å². The number of hydrogen-bond acceptors (Lipinski definition) is 8. The fourth-order valence-corrected chi connectivity index (χ4v) is 4.46. The lowest BCUT2D eigenvalue weighted by Crippen LogP contribution is -2.39. The summed E-state index contributed by atoms with van der Waals surface area (Å²) in [5.41, 5.74) is -2.68. The molecule has 1 aliphatic heterocycles. The highest BCUT2D eigenvalue weighted by Gasteiger charge is 2.50. The molecule has 29 heavy (non-hydrogen) atoms. The zero-order valence-electron chi connectivity index (χ0n) is 17.0. The van der Waals surface area contributed by atoms with Crippen LogP contribution >= 0.6 is 7.60 Å². The van der Waals surface area contributed by atoms with Crippen LogP contribution in [0.1, 0.15) is 52.2 Å². The fraction of sp³-hybridized carbons (Fsp3) is 0.765. The maximum absolute atomic E-state index is 12.5. The van der Waals surface area contributed by atoms with Gasteiger partial charge in [-0.15, -0.1) is 0 Å². The van der Waals surface area contributed by atoms with Crippen molar-refractivity contribution in [1.29, 1.82) is 0 Å². The molecular weight excluding hydrogens is 407 g/mol. The van der Waals surface area contributed by atoms with Gasteiger partial charge in [0.1, 0.15) is 18.3 Å². The van der Waals surface area contributed by atoms with Gasteiger partial charge >= 0.3 is 13.3 Å². The third kappa shape index (κ3) is 4.72. The number of nitrogens with one attached hydrogen (secondary N) is 1. The molecule has 11 nitrogen and oxygen atoms in total. The van der Waals surface area contributed by atoms with Crippen molar-refractivity contribution in [3.63, 3.8) is 0 Å². The van der Waals surface area contributed by atoms with Crippen LogP contribution in [-0.4, -0.2) is 59.0 Å².